The summed E-state index contributed by atoms with van der Waals surface area (Å²) in [4.78, 5) is 39.7. The minimum atomic E-state index is -1.20. The van der Waals surface area contributed by atoms with Gasteiger partial charge in [-0.15, -0.1) is 0 Å². The molecule has 3 aliphatic heterocycles. The molecule has 206 valence electrons. The molecule has 0 saturated carbocycles. The summed E-state index contributed by atoms with van der Waals surface area (Å²) in [6.07, 6.45) is 2.25. The lowest BCUT2D eigenvalue weighted by molar-refractivity contribution is -0.139. The van der Waals surface area contributed by atoms with E-state index in [1.54, 1.807) is 28.7 Å². The van der Waals surface area contributed by atoms with Crippen LogP contribution < -0.4 is 20.3 Å². The second kappa shape index (κ2) is 10.5. The number of thioether (sulfide) groups is 1. The number of imidazole rings is 1. The van der Waals surface area contributed by atoms with Gasteiger partial charge in [-0.05, 0) is 24.5 Å². The number of aryl methyl sites for hydroxylation is 1. The van der Waals surface area contributed by atoms with Crippen LogP contribution >= 0.6 is 34.7 Å². The number of nitrogens with one attached hydrogen (secondary N) is 2. The molecule has 3 aromatic heterocycles. The van der Waals surface area contributed by atoms with Gasteiger partial charge in [-0.1, -0.05) is 34.7 Å². The van der Waals surface area contributed by atoms with Gasteiger partial charge in [0, 0.05) is 39.3 Å². The Morgan fingerprint density at radius 2 is 2.10 bits per heavy atom. The summed E-state index contributed by atoms with van der Waals surface area (Å²) in [5, 5.41) is 13.5. The van der Waals surface area contributed by atoms with Crippen LogP contribution in [0.3, 0.4) is 0 Å². The van der Waals surface area contributed by atoms with Crippen molar-refractivity contribution >= 4 is 57.3 Å². The Bertz CT molecular complexity index is 1450. The summed E-state index contributed by atoms with van der Waals surface area (Å²) in [5.41, 5.74) is 1.54. The standard InChI is InChI=1S/C24H27ClN8O4S2/c1-14-30-33-19-15(28-23(33)39-14)5-7-32(20(19)24(22(35)26-2)27-6-12-38-24)18(34)13-37-16-3-4-17(29-21(16)25)31-8-10-36-11-9-31/h3-4,6,12,20,27H,5,7-11,13H2,1-2H3,(H,26,35). The van der Waals surface area contributed by atoms with Crippen LogP contribution in [0.25, 0.3) is 4.96 Å². The molecule has 6 heterocycles. The third-order valence-electron chi connectivity index (χ3n) is 6.95. The first kappa shape index (κ1) is 26.2. The molecular formula is C24H27ClN8O4S2. The monoisotopic (exact) mass is 590 g/mol. The number of hydrogen-bond acceptors (Lipinski definition) is 11. The van der Waals surface area contributed by atoms with Gasteiger partial charge in [0.25, 0.3) is 11.8 Å². The molecule has 1 saturated heterocycles. The van der Waals surface area contributed by atoms with Gasteiger partial charge in [-0.2, -0.15) is 5.10 Å². The number of hydrogen-bond donors (Lipinski definition) is 2. The highest BCUT2D eigenvalue weighted by Crippen LogP contribution is 2.47. The third-order valence-corrected chi connectivity index (χ3v) is 9.22. The number of morpholine rings is 1. The van der Waals surface area contributed by atoms with Crippen LogP contribution in [0, 0.1) is 6.92 Å². The fraction of sp³-hybridized carbons (Fsp3) is 0.458. The molecule has 0 aliphatic carbocycles. The van der Waals surface area contributed by atoms with E-state index >= 15 is 0 Å². The first-order chi connectivity index (χ1) is 18.9. The summed E-state index contributed by atoms with van der Waals surface area (Å²) in [6, 6.07) is 2.85. The van der Waals surface area contributed by atoms with Crippen LogP contribution in [-0.4, -0.2) is 87.7 Å². The van der Waals surface area contributed by atoms with Crippen molar-refractivity contribution in [3.05, 3.63) is 45.3 Å². The number of fused-ring (bicyclic) bond motifs is 3. The zero-order valence-electron chi connectivity index (χ0n) is 21.3. The molecule has 3 aromatic rings. The van der Waals surface area contributed by atoms with E-state index in [9.17, 15) is 9.59 Å². The van der Waals surface area contributed by atoms with Gasteiger partial charge in [-0.3, -0.25) is 9.59 Å². The van der Waals surface area contributed by atoms with Gasteiger partial charge in [0.05, 0.1) is 24.6 Å². The number of nitrogens with zero attached hydrogens (tertiary/aromatic N) is 6. The van der Waals surface area contributed by atoms with Gasteiger partial charge in [0.15, 0.2) is 22.4 Å². The quantitative estimate of drug-likeness (QED) is 0.410. The molecule has 2 N–H and O–H groups in total. The lowest BCUT2D eigenvalue weighted by atomic mass is 9.94. The molecule has 2 unspecified atom stereocenters. The smallest absolute Gasteiger partial charge is 0.261 e. The number of aromatic nitrogens is 4. The number of anilines is 1. The second-order valence-corrected chi connectivity index (χ2v) is 11.9. The summed E-state index contributed by atoms with van der Waals surface area (Å²) in [6.45, 7) is 4.73. The third kappa shape index (κ3) is 4.58. The zero-order chi connectivity index (χ0) is 27.1. The van der Waals surface area contributed by atoms with Crippen LogP contribution in [0.5, 0.6) is 5.75 Å². The SMILES string of the molecule is CNC(=O)C1(C2c3c(nc4sc(C)nn34)CCN2C(=O)COc2ccc(N3CCOCC3)nc2Cl)NC=CS1. The molecule has 1 fully saturated rings. The van der Waals surface area contributed by atoms with E-state index in [1.165, 1.54) is 23.1 Å². The van der Waals surface area contributed by atoms with Gasteiger partial charge in [0.2, 0.25) is 4.96 Å². The molecule has 39 heavy (non-hydrogen) atoms. The maximum Gasteiger partial charge on any atom is 0.261 e. The maximum atomic E-state index is 13.8. The molecule has 12 nitrogen and oxygen atoms in total. The minimum absolute atomic E-state index is 0.179. The fourth-order valence-corrected chi connectivity index (χ4v) is 7.19. The van der Waals surface area contributed by atoms with Crippen molar-refractivity contribution in [2.75, 3.05) is 51.4 Å². The minimum Gasteiger partial charge on any atom is -0.481 e. The molecule has 0 spiro atoms. The number of rotatable bonds is 6. The van der Waals surface area contributed by atoms with Crippen molar-refractivity contribution in [3.8, 4) is 5.75 Å². The molecule has 0 radical (unpaired) electrons. The van der Waals surface area contributed by atoms with E-state index in [2.05, 4.69) is 25.6 Å². The summed E-state index contributed by atoms with van der Waals surface area (Å²) in [5.74, 6) is 0.493. The molecule has 15 heteroatoms. The van der Waals surface area contributed by atoms with Crippen molar-refractivity contribution in [3.63, 3.8) is 0 Å². The molecule has 2 amide bonds. The van der Waals surface area contributed by atoms with E-state index in [1.807, 2.05) is 18.4 Å². The lowest BCUT2D eigenvalue weighted by Crippen LogP contribution is -2.61. The van der Waals surface area contributed by atoms with Crippen molar-refractivity contribution in [1.29, 1.82) is 0 Å². The summed E-state index contributed by atoms with van der Waals surface area (Å²) < 4.78 is 13.0. The highest BCUT2D eigenvalue weighted by molar-refractivity contribution is 8.04. The van der Waals surface area contributed by atoms with Crippen molar-refractivity contribution in [1.82, 2.24) is 35.1 Å². The van der Waals surface area contributed by atoms with Crippen LogP contribution in [0.2, 0.25) is 5.15 Å². The number of ether oxygens (including phenoxy) is 2. The van der Waals surface area contributed by atoms with Gasteiger partial charge >= 0.3 is 0 Å². The van der Waals surface area contributed by atoms with Crippen molar-refractivity contribution in [2.45, 2.75) is 24.3 Å². The normalized spacial score (nSPS) is 22.6. The predicted molar refractivity (Wildman–Crippen MR) is 148 cm³/mol. The Morgan fingerprint density at radius 3 is 2.82 bits per heavy atom. The molecule has 0 bridgehead atoms. The number of pyridine rings is 1. The van der Waals surface area contributed by atoms with Gasteiger partial charge in [-0.25, -0.2) is 14.5 Å². The molecular weight excluding hydrogens is 564 g/mol. The predicted octanol–water partition coefficient (Wildman–Crippen LogP) is 1.74. The number of carbonyl (C=O) groups excluding carboxylic acids is 2. The highest BCUT2D eigenvalue weighted by atomic mass is 35.5. The Hall–Kier alpha value is -3.07. The van der Waals surface area contributed by atoms with E-state index < -0.39 is 10.9 Å². The van der Waals surface area contributed by atoms with E-state index in [4.69, 9.17) is 26.1 Å². The largest absolute Gasteiger partial charge is 0.481 e. The number of amides is 2. The number of halogens is 1. The summed E-state index contributed by atoms with van der Waals surface area (Å²) >= 11 is 9.23. The molecule has 2 atom stereocenters. The van der Waals surface area contributed by atoms with Gasteiger partial charge < -0.3 is 29.9 Å². The Morgan fingerprint density at radius 1 is 1.28 bits per heavy atom. The fourth-order valence-electron chi connectivity index (χ4n) is 5.16. The van der Waals surface area contributed by atoms with Crippen LogP contribution in [-0.2, 0) is 20.7 Å². The molecule has 0 aromatic carbocycles. The highest BCUT2D eigenvalue weighted by Gasteiger charge is 2.55. The Kier molecular flexibility index (Phi) is 7.04. The van der Waals surface area contributed by atoms with Crippen LogP contribution in [0.15, 0.2) is 23.7 Å². The maximum absolute atomic E-state index is 13.8. The summed E-state index contributed by atoms with van der Waals surface area (Å²) in [7, 11) is 1.58. The van der Waals surface area contributed by atoms with E-state index in [0.717, 1.165) is 40.3 Å². The van der Waals surface area contributed by atoms with Crippen molar-refractivity contribution in [2.24, 2.45) is 0 Å². The Balaban J connectivity index is 1.29. The first-order valence-electron chi connectivity index (χ1n) is 12.5. The molecule has 6 rings (SSSR count). The second-order valence-electron chi connectivity index (χ2n) is 9.23. The average molecular weight is 591 g/mol. The van der Waals surface area contributed by atoms with Crippen LogP contribution in [0.1, 0.15) is 22.4 Å². The first-order valence-corrected chi connectivity index (χ1v) is 14.6. The average Bonchev–Trinajstić information content (AvgIpc) is 3.67. The lowest BCUT2D eigenvalue weighted by Gasteiger charge is -2.44. The zero-order valence-corrected chi connectivity index (χ0v) is 23.7. The van der Waals surface area contributed by atoms with E-state index in [-0.39, 0.29) is 23.6 Å². The van der Waals surface area contributed by atoms with Crippen molar-refractivity contribution < 1.29 is 19.1 Å². The van der Waals surface area contributed by atoms with Crippen LogP contribution in [0.4, 0.5) is 5.82 Å². The number of likely N-dealkylation sites (N-methyl/N-ethyl adjacent to an activating group) is 1. The molecule has 3 aliphatic rings. The van der Waals surface area contributed by atoms with Gasteiger partial charge in [0.1, 0.15) is 16.9 Å². The van der Waals surface area contributed by atoms with E-state index in [0.29, 0.717) is 31.9 Å². The topological polar surface area (TPSA) is 126 Å². The Labute approximate surface area is 237 Å². The number of carbonyl (C=O) groups is 2.